The highest BCUT2D eigenvalue weighted by Crippen LogP contribution is 2.38. The maximum absolute atomic E-state index is 5.60. The topological polar surface area (TPSA) is 86.2 Å². The Morgan fingerprint density at radius 2 is 2.14 bits per heavy atom. The summed E-state index contributed by atoms with van der Waals surface area (Å²) in [7, 11) is 0. The van der Waals surface area contributed by atoms with E-state index in [0.29, 0.717) is 24.4 Å². The van der Waals surface area contributed by atoms with Gasteiger partial charge in [-0.2, -0.15) is 9.97 Å². The number of anilines is 1. The van der Waals surface area contributed by atoms with E-state index < -0.39 is 0 Å². The zero-order valence-corrected chi connectivity index (χ0v) is 16.2. The lowest BCUT2D eigenvalue weighted by Gasteiger charge is -2.07. The number of aryl methyl sites for hydroxylation is 1. The van der Waals surface area contributed by atoms with Gasteiger partial charge in [0.25, 0.3) is 0 Å². The first kappa shape index (κ1) is 18.5. The number of nitrogens with one attached hydrogen (secondary N) is 1. The molecule has 0 saturated heterocycles. The highest BCUT2D eigenvalue weighted by atomic mass is 16.6. The maximum Gasteiger partial charge on any atom is 0.394 e. The van der Waals surface area contributed by atoms with E-state index in [9.17, 15) is 0 Å². The van der Waals surface area contributed by atoms with Crippen LogP contribution in [0.25, 0.3) is 11.3 Å². The van der Waals surface area contributed by atoms with Crippen LogP contribution in [0.1, 0.15) is 56.7 Å². The molecule has 1 aliphatic rings. The van der Waals surface area contributed by atoms with Gasteiger partial charge in [0.2, 0.25) is 5.89 Å². The third kappa shape index (κ3) is 4.91. The van der Waals surface area contributed by atoms with E-state index in [0.717, 1.165) is 55.2 Å². The molecule has 2 heterocycles. The van der Waals surface area contributed by atoms with Crippen LogP contribution < -0.4 is 10.1 Å². The van der Waals surface area contributed by atoms with E-state index in [1.165, 1.54) is 12.8 Å². The predicted molar refractivity (Wildman–Crippen MR) is 105 cm³/mol. The Kier molecular flexibility index (Phi) is 5.89. The Bertz CT molecular complexity index is 885. The molecule has 0 unspecified atom stereocenters. The second-order valence-electron chi connectivity index (χ2n) is 7.06. The summed E-state index contributed by atoms with van der Waals surface area (Å²) in [6, 6.07) is 8.13. The average molecular weight is 382 g/mol. The Balaban J connectivity index is 1.18. The molecule has 0 aliphatic heterocycles. The zero-order valence-electron chi connectivity index (χ0n) is 16.2. The van der Waals surface area contributed by atoms with Gasteiger partial charge in [0.05, 0.1) is 12.8 Å². The number of benzene rings is 1. The van der Waals surface area contributed by atoms with Gasteiger partial charge in [0.15, 0.2) is 11.6 Å². The Hall–Kier alpha value is -2.83. The molecule has 1 aliphatic carbocycles. The summed E-state index contributed by atoms with van der Waals surface area (Å²) in [6.07, 6.45) is 8.54. The molecule has 28 heavy (non-hydrogen) atoms. The van der Waals surface area contributed by atoms with Gasteiger partial charge in [-0.1, -0.05) is 23.7 Å². The van der Waals surface area contributed by atoms with Crippen LogP contribution in [0.3, 0.4) is 0 Å². The summed E-state index contributed by atoms with van der Waals surface area (Å²) in [6.45, 7) is 3.36. The van der Waals surface area contributed by atoms with Crippen LogP contribution in [-0.4, -0.2) is 28.3 Å². The smallest absolute Gasteiger partial charge is 0.394 e. The minimum atomic E-state index is 0.307. The third-order valence-corrected chi connectivity index (χ3v) is 4.72. The molecule has 0 atom stereocenters. The number of nitrogens with zero attached hydrogens (tertiary/aromatic N) is 3. The first-order valence-electron chi connectivity index (χ1n) is 10.1. The fourth-order valence-corrected chi connectivity index (χ4v) is 3.05. The molecule has 1 aromatic carbocycles. The summed E-state index contributed by atoms with van der Waals surface area (Å²) < 4.78 is 16.2. The number of hydrogen-bond donors (Lipinski definition) is 1. The van der Waals surface area contributed by atoms with Gasteiger partial charge < -0.3 is 19.0 Å². The van der Waals surface area contributed by atoms with Gasteiger partial charge in [-0.3, -0.25) is 0 Å². The minimum absolute atomic E-state index is 0.307. The van der Waals surface area contributed by atoms with Gasteiger partial charge in [-0.25, -0.2) is 0 Å². The molecule has 0 bridgehead atoms. The first-order chi connectivity index (χ1) is 13.8. The van der Waals surface area contributed by atoms with Gasteiger partial charge in [0.1, 0.15) is 0 Å². The molecular weight excluding hydrogens is 356 g/mol. The second-order valence-corrected chi connectivity index (χ2v) is 7.06. The molecular formula is C21H26N4O3. The summed E-state index contributed by atoms with van der Waals surface area (Å²) in [4.78, 5) is 8.59. The van der Waals surface area contributed by atoms with Crippen molar-refractivity contribution in [1.29, 1.82) is 0 Å². The quantitative estimate of drug-likeness (QED) is 0.475. The predicted octanol–water partition coefficient (Wildman–Crippen LogP) is 4.83. The Labute approximate surface area is 164 Å². The molecule has 0 amide bonds. The number of aromatic nitrogens is 3. The van der Waals surface area contributed by atoms with Crippen LogP contribution >= 0.6 is 0 Å². The number of unbranched alkanes of at least 4 members (excludes halogenated alkanes) is 2. The highest BCUT2D eigenvalue weighted by molar-refractivity contribution is 5.63. The molecule has 1 N–H and O–H groups in total. The van der Waals surface area contributed by atoms with Gasteiger partial charge in [-0.05, 0) is 44.7 Å². The number of ether oxygens (including phenoxy) is 1. The molecule has 0 radical (unpaired) electrons. The van der Waals surface area contributed by atoms with Crippen molar-refractivity contribution in [2.24, 2.45) is 0 Å². The lowest BCUT2D eigenvalue weighted by molar-refractivity contribution is 0.247. The molecule has 7 heteroatoms. The number of hydrogen-bond acceptors (Lipinski definition) is 7. The molecule has 148 valence electrons. The van der Waals surface area contributed by atoms with E-state index in [-0.39, 0.29) is 0 Å². The Morgan fingerprint density at radius 1 is 1.21 bits per heavy atom. The van der Waals surface area contributed by atoms with Crippen LogP contribution in [0.4, 0.5) is 5.69 Å². The van der Waals surface area contributed by atoms with Crippen molar-refractivity contribution < 1.29 is 13.7 Å². The van der Waals surface area contributed by atoms with Crippen LogP contribution in [0.5, 0.6) is 6.08 Å². The van der Waals surface area contributed by atoms with Crippen LogP contribution in [0.15, 0.2) is 39.4 Å². The van der Waals surface area contributed by atoms with Gasteiger partial charge in [0, 0.05) is 30.1 Å². The van der Waals surface area contributed by atoms with Crippen LogP contribution in [0.2, 0.25) is 0 Å². The zero-order chi connectivity index (χ0) is 19.2. The molecule has 1 saturated carbocycles. The van der Waals surface area contributed by atoms with E-state index in [4.69, 9.17) is 13.7 Å². The molecule has 2 aromatic heterocycles. The van der Waals surface area contributed by atoms with Crippen molar-refractivity contribution in [1.82, 2.24) is 15.1 Å². The first-order valence-corrected chi connectivity index (χ1v) is 10.1. The average Bonchev–Trinajstić information content (AvgIpc) is 3.27. The third-order valence-electron chi connectivity index (χ3n) is 4.72. The standard InChI is InChI=1S/C21H26N4O3/c1-2-26-21-23-14-18(27-21)16-7-6-8-17(13-16)22-12-5-3-4-9-19-24-20(25-28-19)15-10-11-15/h6-8,13-15,22H,2-5,9-12H2,1H3. The van der Waals surface area contributed by atoms with E-state index >= 15 is 0 Å². The fourth-order valence-electron chi connectivity index (χ4n) is 3.05. The van der Waals surface area contributed by atoms with E-state index in [1.807, 2.05) is 19.1 Å². The normalized spacial score (nSPS) is 13.6. The Morgan fingerprint density at radius 3 is 3.00 bits per heavy atom. The second kappa shape index (κ2) is 8.91. The largest absolute Gasteiger partial charge is 0.450 e. The van der Waals surface area contributed by atoms with E-state index in [2.05, 4.69) is 32.6 Å². The SMILES string of the molecule is CCOc1ncc(-c2cccc(NCCCCCc3nc(C4CC4)no3)c2)o1. The van der Waals surface area contributed by atoms with Crippen molar-refractivity contribution in [3.63, 3.8) is 0 Å². The lowest BCUT2D eigenvalue weighted by atomic mass is 10.1. The van der Waals surface area contributed by atoms with Crippen molar-refractivity contribution in [2.75, 3.05) is 18.5 Å². The summed E-state index contributed by atoms with van der Waals surface area (Å²) in [5, 5.41) is 7.53. The molecule has 7 nitrogen and oxygen atoms in total. The van der Waals surface area contributed by atoms with Gasteiger partial charge >= 0.3 is 6.08 Å². The van der Waals surface area contributed by atoms with Crippen molar-refractivity contribution >= 4 is 5.69 Å². The van der Waals surface area contributed by atoms with Crippen molar-refractivity contribution in [3.8, 4) is 17.4 Å². The van der Waals surface area contributed by atoms with Gasteiger partial charge in [-0.15, -0.1) is 0 Å². The molecule has 4 rings (SSSR count). The number of oxazole rings is 1. The van der Waals surface area contributed by atoms with E-state index in [1.54, 1.807) is 6.20 Å². The fraction of sp³-hybridized carbons (Fsp3) is 0.476. The van der Waals surface area contributed by atoms with Crippen molar-refractivity contribution in [3.05, 3.63) is 42.2 Å². The molecule has 0 spiro atoms. The monoisotopic (exact) mass is 382 g/mol. The number of rotatable bonds is 11. The summed E-state index contributed by atoms with van der Waals surface area (Å²) >= 11 is 0. The van der Waals surface area contributed by atoms with Crippen molar-refractivity contribution in [2.45, 2.75) is 51.4 Å². The van der Waals surface area contributed by atoms with Crippen LogP contribution in [-0.2, 0) is 6.42 Å². The molecule has 3 aromatic rings. The maximum atomic E-state index is 5.60. The summed E-state index contributed by atoms with van der Waals surface area (Å²) in [5.74, 6) is 2.94. The highest BCUT2D eigenvalue weighted by Gasteiger charge is 2.28. The lowest BCUT2D eigenvalue weighted by Crippen LogP contribution is -2.01. The van der Waals surface area contributed by atoms with Crippen LogP contribution in [0, 0.1) is 0 Å². The minimum Gasteiger partial charge on any atom is -0.450 e. The summed E-state index contributed by atoms with van der Waals surface area (Å²) in [5.41, 5.74) is 2.05. The molecule has 1 fully saturated rings.